The molecule has 0 aliphatic carbocycles. The van der Waals surface area contributed by atoms with Gasteiger partial charge in [0.05, 0.1) is 54.4 Å². The van der Waals surface area contributed by atoms with Crippen molar-refractivity contribution in [3.63, 3.8) is 0 Å². The third-order valence-corrected chi connectivity index (χ3v) is 11.1. The average molecular weight is 616 g/mol. The molecule has 0 spiro atoms. The number of benzene rings is 3. The number of anilines is 2. The summed E-state index contributed by atoms with van der Waals surface area (Å²) in [5.74, 6) is 0. The molecule has 0 radical (unpaired) electrons. The summed E-state index contributed by atoms with van der Waals surface area (Å²) in [6, 6.07) is 20.9. The highest BCUT2D eigenvalue weighted by Gasteiger charge is 2.38. The molecule has 3 aliphatic heterocycles. The highest BCUT2D eigenvalue weighted by atomic mass is 16.5. The molecule has 2 fully saturated rings. The molecule has 0 amide bonds. The molecule has 2 unspecified atom stereocenters. The second kappa shape index (κ2) is 11.7. The summed E-state index contributed by atoms with van der Waals surface area (Å²) in [4.78, 5) is 5.22. The van der Waals surface area contributed by atoms with Gasteiger partial charge in [0.15, 0.2) is 5.69 Å². The Hall–Kier alpha value is -3.87. The van der Waals surface area contributed by atoms with Crippen LogP contribution in [0.25, 0.3) is 44.8 Å². The summed E-state index contributed by atoms with van der Waals surface area (Å²) < 4.78 is 17.3. The van der Waals surface area contributed by atoms with E-state index in [0.717, 1.165) is 65.3 Å². The number of morpholine rings is 2. The maximum atomic E-state index is 6.63. The van der Waals surface area contributed by atoms with E-state index < -0.39 is 0 Å². The fourth-order valence-corrected chi connectivity index (χ4v) is 8.47. The summed E-state index contributed by atoms with van der Waals surface area (Å²) >= 11 is 0. The molecule has 3 aliphatic rings. The Morgan fingerprint density at radius 2 is 1.72 bits per heavy atom. The Kier molecular flexibility index (Phi) is 7.53. The molecular weight excluding hydrogens is 568 g/mol. The van der Waals surface area contributed by atoms with E-state index in [4.69, 9.17) is 9.47 Å². The molecule has 6 heteroatoms. The second-order valence-corrected chi connectivity index (χ2v) is 13.8. The monoisotopic (exact) mass is 615 g/mol. The lowest BCUT2D eigenvalue weighted by Crippen LogP contribution is -2.45. The summed E-state index contributed by atoms with van der Waals surface area (Å²) in [7, 11) is 0. The van der Waals surface area contributed by atoms with E-state index in [9.17, 15) is 0 Å². The third-order valence-electron chi connectivity index (χ3n) is 11.1. The lowest BCUT2D eigenvalue weighted by Gasteiger charge is -2.41. The minimum Gasteiger partial charge on any atom is -0.378 e. The van der Waals surface area contributed by atoms with Gasteiger partial charge < -0.3 is 19.3 Å². The Bertz CT molecular complexity index is 1950. The van der Waals surface area contributed by atoms with Gasteiger partial charge in [-0.1, -0.05) is 70.2 Å². The first-order valence-electron chi connectivity index (χ1n) is 17.4. The first kappa shape index (κ1) is 29.5. The molecule has 2 atom stereocenters. The molecule has 5 heterocycles. The van der Waals surface area contributed by atoms with Crippen molar-refractivity contribution in [1.82, 2.24) is 4.40 Å². The smallest absolute Gasteiger partial charge is 0.300 e. The van der Waals surface area contributed by atoms with E-state index in [1.165, 1.54) is 73.9 Å². The van der Waals surface area contributed by atoms with Crippen LogP contribution in [0.3, 0.4) is 0 Å². The van der Waals surface area contributed by atoms with Gasteiger partial charge in [0.2, 0.25) is 0 Å². The number of hydrogen-bond acceptors (Lipinski definition) is 4. The van der Waals surface area contributed by atoms with Gasteiger partial charge in [-0.15, -0.1) is 0 Å². The number of imidazole rings is 1. The molecule has 2 aromatic heterocycles. The molecular formula is C40H47N4O2+. The van der Waals surface area contributed by atoms with Crippen LogP contribution in [0, 0.1) is 0 Å². The van der Waals surface area contributed by atoms with Crippen molar-refractivity contribution in [1.29, 1.82) is 0 Å². The SMILES string of the molecule is C=C[n+]1cc2n3c4ccccc4c4cccc(c4c31)C(C)(CC)CC1CN(CCO1)c1cc(CCCC)cc(N3CCOCC3)c1-2. The zero-order valence-corrected chi connectivity index (χ0v) is 27.7. The fraction of sp³-hybridized carbons (Fsp3) is 0.425. The third kappa shape index (κ3) is 4.64. The Morgan fingerprint density at radius 1 is 0.957 bits per heavy atom. The van der Waals surface area contributed by atoms with Gasteiger partial charge in [-0.05, 0) is 60.4 Å². The highest BCUT2D eigenvalue weighted by Crippen LogP contribution is 2.47. The van der Waals surface area contributed by atoms with Crippen LogP contribution in [0.15, 0.2) is 67.4 Å². The molecule has 5 aromatic rings. The number of ether oxygens (including phenoxy) is 2. The lowest BCUT2D eigenvalue weighted by atomic mass is 9.73. The van der Waals surface area contributed by atoms with Crippen LogP contribution in [0.1, 0.15) is 57.6 Å². The number of aromatic nitrogens is 2. The summed E-state index contributed by atoms with van der Waals surface area (Å²) in [5, 5.41) is 3.90. The molecule has 8 rings (SSSR count). The van der Waals surface area contributed by atoms with E-state index in [-0.39, 0.29) is 11.5 Å². The van der Waals surface area contributed by atoms with Crippen molar-refractivity contribution in [2.24, 2.45) is 0 Å². The minimum atomic E-state index is -0.0659. The zero-order chi connectivity index (χ0) is 31.4. The standard InChI is InChI=1S/C40H47N4O2/c1-5-8-12-28-23-34(42-17-20-45-21-18-42)38-35(24-28)43-19-22-46-29(26-43)25-40(4,6-2)32-15-11-14-31-30-13-9-10-16-33(30)44-36(38)27-41(7-3)39(44)37(31)32/h7,9-11,13-16,23-24,27,29H,3,5-6,8,12,17-22,25-26H2,1-2,4H3/q+1. The van der Waals surface area contributed by atoms with Gasteiger partial charge >= 0.3 is 0 Å². The quantitative estimate of drug-likeness (QED) is 0.144. The van der Waals surface area contributed by atoms with E-state index >= 15 is 0 Å². The number of unbranched alkanes of at least 4 members (excludes halogenated alkanes) is 1. The lowest BCUT2D eigenvalue weighted by molar-refractivity contribution is -0.536. The number of aryl methyl sites for hydroxylation is 1. The molecule has 6 nitrogen and oxygen atoms in total. The van der Waals surface area contributed by atoms with Gasteiger partial charge in [0, 0.05) is 37.0 Å². The zero-order valence-electron chi connectivity index (χ0n) is 27.7. The van der Waals surface area contributed by atoms with Crippen molar-refractivity contribution in [2.45, 2.75) is 64.4 Å². The Labute approximate surface area is 272 Å². The first-order valence-corrected chi connectivity index (χ1v) is 17.4. The maximum Gasteiger partial charge on any atom is 0.300 e. The van der Waals surface area contributed by atoms with Crippen molar-refractivity contribution >= 4 is 44.9 Å². The van der Waals surface area contributed by atoms with Crippen molar-refractivity contribution in [2.75, 3.05) is 55.8 Å². The van der Waals surface area contributed by atoms with E-state index in [2.05, 4.69) is 107 Å². The van der Waals surface area contributed by atoms with Gasteiger partial charge in [-0.3, -0.25) is 0 Å². The topological polar surface area (TPSA) is 33.2 Å². The molecule has 0 saturated carbocycles. The molecule has 0 N–H and O–H groups in total. The summed E-state index contributed by atoms with van der Waals surface area (Å²) in [5.41, 5.74) is 10.3. The Balaban J connectivity index is 1.58. The number of fused-ring (bicyclic) bond motifs is 7. The van der Waals surface area contributed by atoms with Crippen LogP contribution in [0.5, 0.6) is 0 Å². The van der Waals surface area contributed by atoms with Gasteiger partial charge in [-0.2, -0.15) is 4.40 Å². The van der Waals surface area contributed by atoms with Crippen molar-refractivity contribution in [3.05, 3.63) is 78.5 Å². The largest absolute Gasteiger partial charge is 0.378 e. The van der Waals surface area contributed by atoms with Crippen LogP contribution in [0.2, 0.25) is 0 Å². The summed E-state index contributed by atoms with van der Waals surface area (Å²) in [6.07, 6.45) is 9.95. The van der Waals surface area contributed by atoms with Gasteiger partial charge in [0.25, 0.3) is 5.65 Å². The average Bonchev–Trinajstić information content (AvgIpc) is 3.50. The molecule has 2 saturated heterocycles. The van der Waals surface area contributed by atoms with Gasteiger partial charge in [0.1, 0.15) is 11.7 Å². The minimum absolute atomic E-state index is 0.0659. The van der Waals surface area contributed by atoms with Crippen molar-refractivity contribution < 1.29 is 14.0 Å². The van der Waals surface area contributed by atoms with E-state index in [1.807, 2.05) is 6.20 Å². The Morgan fingerprint density at radius 3 is 2.50 bits per heavy atom. The predicted octanol–water partition coefficient (Wildman–Crippen LogP) is 7.76. The van der Waals surface area contributed by atoms with Gasteiger partial charge in [-0.25, -0.2) is 4.57 Å². The number of hydrogen-bond donors (Lipinski definition) is 0. The van der Waals surface area contributed by atoms with E-state index in [0.29, 0.717) is 0 Å². The second-order valence-electron chi connectivity index (χ2n) is 13.8. The number of rotatable bonds is 6. The van der Waals surface area contributed by atoms with Crippen LogP contribution >= 0.6 is 0 Å². The maximum absolute atomic E-state index is 6.63. The van der Waals surface area contributed by atoms with Crippen LogP contribution in [-0.2, 0) is 21.3 Å². The van der Waals surface area contributed by atoms with Crippen molar-refractivity contribution in [3.8, 4) is 11.3 Å². The fourth-order valence-electron chi connectivity index (χ4n) is 8.47. The molecule has 238 valence electrons. The first-order chi connectivity index (χ1) is 22.5. The predicted molar refractivity (Wildman–Crippen MR) is 190 cm³/mol. The molecule has 6 bridgehead atoms. The van der Waals surface area contributed by atoms with Crippen LogP contribution in [0.4, 0.5) is 11.4 Å². The van der Waals surface area contributed by atoms with E-state index in [1.54, 1.807) is 0 Å². The van der Waals surface area contributed by atoms with Crippen LogP contribution < -0.4 is 14.4 Å². The number of para-hydroxylation sites is 1. The molecule has 3 aromatic carbocycles. The summed E-state index contributed by atoms with van der Waals surface area (Å²) in [6.45, 7) is 17.3. The van der Waals surface area contributed by atoms with Crippen LogP contribution in [-0.4, -0.2) is 56.5 Å². The normalized spacial score (nSPS) is 21.6. The highest BCUT2D eigenvalue weighted by molar-refractivity contribution is 6.13. The molecule has 46 heavy (non-hydrogen) atoms. The number of pyridine rings is 1. The number of nitrogens with zero attached hydrogens (tertiary/aromatic N) is 4.